The summed E-state index contributed by atoms with van der Waals surface area (Å²) in [6.07, 6.45) is 1.41. The summed E-state index contributed by atoms with van der Waals surface area (Å²) in [5.74, 6) is -0.705. The number of esters is 1. The highest BCUT2D eigenvalue weighted by molar-refractivity contribution is 8.00. The monoisotopic (exact) mass is 420 g/mol. The number of hydrogen-bond donors (Lipinski definition) is 1. The second-order valence-corrected chi connectivity index (χ2v) is 7.00. The maximum atomic E-state index is 11.9. The number of nitrogens with one attached hydrogen (secondary N) is 1. The fraction of sp³-hybridized carbons (Fsp3) is 0.294. The van der Waals surface area contributed by atoms with E-state index in [1.54, 1.807) is 23.7 Å². The van der Waals surface area contributed by atoms with E-state index in [0.717, 1.165) is 5.56 Å². The van der Waals surface area contributed by atoms with Crippen molar-refractivity contribution in [2.75, 3.05) is 18.9 Å². The molecule has 0 atom stereocenters. The van der Waals surface area contributed by atoms with Crippen molar-refractivity contribution in [3.05, 3.63) is 41.2 Å². The Balaban J connectivity index is 1.64. The van der Waals surface area contributed by atoms with E-state index < -0.39 is 5.97 Å². The summed E-state index contributed by atoms with van der Waals surface area (Å²) in [5.41, 5.74) is 2.08. The lowest BCUT2D eigenvalue weighted by Crippen LogP contribution is -2.31. The molecular weight excluding hydrogens is 404 g/mol. The van der Waals surface area contributed by atoms with Crippen LogP contribution in [0.1, 0.15) is 12.5 Å². The van der Waals surface area contributed by atoms with Gasteiger partial charge in [0, 0.05) is 5.02 Å². The van der Waals surface area contributed by atoms with E-state index in [1.165, 1.54) is 18.1 Å². The van der Waals surface area contributed by atoms with Gasteiger partial charge in [-0.3, -0.25) is 9.59 Å². The Labute approximate surface area is 169 Å². The number of aromatic nitrogens is 5. The largest absolute Gasteiger partial charge is 0.465 e. The first-order valence-electron chi connectivity index (χ1n) is 8.40. The lowest BCUT2D eigenvalue weighted by atomic mass is 10.2. The van der Waals surface area contributed by atoms with Gasteiger partial charge in [-0.15, -0.1) is 5.10 Å². The average Bonchev–Trinajstić information content (AvgIpc) is 3.10. The highest BCUT2D eigenvalue weighted by Gasteiger charge is 2.14. The molecule has 1 N–H and O–H groups in total. The molecule has 2 aromatic heterocycles. The molecule has 3 rings (SSSR count). The third-order valence-corrected chi connectivity index (χ3v) is 4.82. The Hall–Kier alpha value is -2.72. The number of halogens is 1. The van der Waals surface area contributed by atoms with Gasteiger partial charge in [-0.1, -0.05) is 40.7 Å². The van der Waals surface area contributed by atoms with Gasteiger partial charge in [0.05, 0.1) is 18.9 Å². The SMILES string of the molecule is CCOC(=O)CNC(=O)CSc1ncnc2c1nnn2Cc1ccc(Cl)cc1. The van der Waals surface area contributed by atoms with Gasteiger partial charge in [0.2, 0.25) is 5.91 Å². The Morgan fingerprint density at radius 1 is 1.25 bits per heavy atom. The van der Waals surface area contributed by atoms with Crippen molar-refractivity contribution >= 4 is 46.4 Å². The molecular formula is C17H17ClN6O3S. The quantitative estimate of drug-likeness (QED) is 0.333. The van der Waals surface area contributed by atoms with Gasteiger partial charge in [0.1, 0.15) is 17.9 Å². The molecule has 0 saturated carbocycles. The number of nitrogens with zero attached hydrogens (tertiary/aromatic N) is 5. The van der Waals surface area contributed by atoms with Crippen LogP contribution in [0.25, 0.3) is 11.2 Å². The molecule has 1 amide bonds. The minimum absolute atomic E-state index is 0.0789. The van der Waals surface area contributed by atoms with Crippen molar-refractivity contribution in [3.8, 4) is 0 Å². The van der Waals surface area contributed by atoms with Crippen LogP contribution in [0.3, 0.4) is 0 Å². The molecule has 0 saturated heterocycles. The molecule has 0 unspecified atom stereocenters. The minimum Gasteiger partial charge on any atom is -0.465 e. The molecule has 0 aliphatic rings. The smallest absolute Gasteiger partial charge is 0.325 e. The molecule has 0 radical (unpaired) electrons. The van der Waals surface area contributed by atoms with Crippen LogP contribution in [0.15, 0.2) is 35.6 Å². The summed E-state index contributed by atoms with van der Waals surface area (Å²) in [5, 5.41) is 12.0. The zero-order chi connectivity index (χ0) is 19.9. The molecule has 1 aromatic carbocycles. The van der Waals surface area contributed by atoms with Gasteiger partial charge in [0.25, 0.3) is 0 Å². The normalized spacial score (nSPS) is 10.8. The second-order valence-electron chi connectivity index (χ2n) is 5.60. The Morgan fingerprint density at radius 3 is 2.79 bits per heavy atom. The molecule has 0 aliphatic heterocycles. The molecule has 2 heterocycles. The lowest BCUT2D eigenvalue weighted by molar-refractivity contribution is -0.143. The van der Waals surface area contributed by atoms with Gasteiger partial charge in [-0.25, -0.2) is 14.6 Å². The highest BCUT2D eigenvalue weighted by Crippen LogP contribution is 2.22. The van der Waals surface area contributed by atoms with Crippen LogP contribution in [0.5, 0.6) is 0 Å². The van der Waals surface area contributed by atoms with Crippen molar-refractivity contribution in [1.82, 2.24) is 30.3 Å². The minimum atomic E-state index is -0.476. The van der Waals surface area contributed by atoms with Crippen LogP contribution in [0, 0.1) is 0 Å². The first-order valence-corrected chi connectivity index (χ1v) is 9.77. The molecule has 0 fully saturated rings. The third-order valence-electron chi connectivity index (χ3n) is 3.59. The Kier molecular flexibility index (Phi) is 6.77. The van der Waals surface area contributed by atoms with Gasteiger partial charge >= 0.3 is 5.97 Å². The molecule has 28 heavy (non-hydrogen) atoms. The summed E-state index contributed by atoms with van der Waals surface area (Å²) in [6, 6.07) is 7.42. The van der Waals surface area contributed by atoms with Crippen LogP contribution < -0.4 is 5.32 Å². The van der Waals surface area contributed by atoms with Crippen molar-refractivity contribution in [2.24, 2.45) is 0 Å². The molecule has 0 spiro atoms. The van der Waals surface area contributed by atoms with Crippen LogP contribution in [-0.2, 0) is 20.9 Å². The molecule has 0 bridgehead atoms. The number of carbonyl (C=O) groups excluding carboxylic acids is 2. The molecule has 11 heteroatoms. The lowest BCUT2D eigenvalue weighted by Gasteiger charge is -2.05. The summed E-state index contributed by atoms with van der Waals surface area (Å²) in [6.45, 7) is 2.29. The number of ether oxygens (including phenoxy) is 1. The van der Waals surface area contributed by atoms with E-state index in [0.29, 0.717) is 27.8 Å². The molecule has 146 valence electrons. The van der Waals surface area contributed by atoms with Gasteiger partial charge in [-0.2, -0.15) is 0 Å². The van der Waals surface area contributed by atoms with Crippen molar-refractivity contribution < 1.29 is 14.3 Å². The van der Waals surface area contributed by atoms with Crippen molar-refractivity contribution in [3.63, 3.8) is 0 Å². The number of fused-ring (bicyclic) bond motifs is 1. The van der Waals surface area contributed by atoms with Crippen LogP contribution in [-0.4, -0.2) is 55.7 Å². The van der Waals surface area contributed by atoms with Gasteiger partial charge in [-0.05, 0) is 24.6 Å². The topological polar surface area (TPSA) is 112 Å². The summed E-state index contributed by atoms with van der Waals surface area (Å²) >= 11 is 7.10. The zero-order valence-corrected chi connectivity index (χ0v) is 16.5. The molecule has 0 aliphatic carbocycles. The van der Waals surface area contributed by atoms with Crippen molar-refractivity contribution in [1.29, 1.82) is 0 Å². The number of benzene rings is 1. The van der Waals surface area contributed by atoms with E-state index >= 15 is 0 Å². The average molecular weight is 421 g/mol. The number of thioether (sulfide) groups is 1. The first-order chi connectivity index (χ1) is 13.6. The molecule has 9 nitrogen and oxygen atoms in total. The van der Waals surface area contributed by atoms with E-state index in [-0.39, 0.29) is 24.8 Å². The number of amides is 1. The van der Waals surface area contributed by atoms with Crippen LogP contribution in [0.2, 0.25) is 5.02 Å². The summed E-state index contributed by atoms with van der Waals surface area (Å²) in [7, 11) is 0. The third kappa shape index (κ3) is 5.17. The van der Waals surface area contributed by atoms with E-state index in [9.17, 15) is 9.59 Å². The van der Waals surface area contributed by atoms with Crippen LogP contribution in [0.4, 0.5) is 0 Å². The van der Waals surface area contributed by atoms with E-state index in [2.05, 4.69) is 25.6 Å². The fourth-order valence-corrected chi connectivity index (χ4v) is 3.20. The predicted molar refractivity (Wildman–Crippen MR) is 104 cm³/mol. The standard InChI is InChI=1S/C17H17ClN6O3S/c1-2-27-14(26)7-19-13(25)9-28-17-15-16(20-10-21-17)24(23-22-15)8-11-3-5-12(18)6-4-11/h3-6,10H,2,7-9H2,1H3,(H,19,25). The summed E-state index contributed by atoms with van der Waals surface area (Å²) < 4.78 is 6.42. The summed E-state index contributed by atoms with van der Waals surface area (Å²) in [4.78, 5) is 31.6. The predicted octanol–water partition coefficient (Wildman–Crippen LogP) is 1.69. The zero-order valence-electron chi connectivity index (χ0n) is 15.0. The maximum absolute atomic E-state index is 11.9. The number of carbonyl (C=O) groups is 2. The van der Waals surface area contributed by atoms with E-state index in [4.69, 9.17) is 16.3 Å². The number of hydrogen-bond acceptors (Lipinski definition) is 8. The van der Waals surface area contributed by atoms with Gasteiger partial charge < -0.3 is 10.1 Å². The fourth-order valence-electron chi connectivity index (χ4n) is 2.31. The Morgan fingerprint density at radius 2 is 2.04 bits per heavy atom. The van der Waals surface area contributed by atoms with Gasteiger partial charge in [0.15, 0.2) is 11.2 Å². The Bertz CT molecular complexity index is 979. The number of rotatable bonds is 8. The second kappa shape index (κ2) is 9.47. The highest BCUT2D eigenvalue weighted by atomic mass is 35.5. The van der Waals surface area contributed by atoms with E-state index in [1.807, 2.05) is 12.1 Å². The van der Waals surface area contributed by atoms with Crippen LogP contribution >= 0.6 is 23.4 Å². The maximum Gasteiger partial charge on any atom is 0.325 e. The van der Waals surface area contributed by atoms with Crippen molar-refractivity contribution in [2.45, 2.75) is 18.5 Å². The first kappa shape index (κ1) is 20.0. The molecule has 3 aromatic rings.